The minimum absolute atomic E-state index is 0.0333. The average Bonchev–Trinajstić information content (AvgIpc) is 2.25. The smallest absolute Gasteiger partial charge is 0.394 e. The molecule has 0 aromatic heterocycles. The number of benzene rings is 1. The van der Waals surface area contributed by atoms with E-state index in [9.17, 15) is 17.6 Å². The summed E-state index contributed by atoms with van der Waals surface area (Å²) in [5.74, 6) is -0.852. The van der Waals surface area contributed by atoms with Crippen molar-refractivity contribution in [1.82, 2.24) is 0 Å². The molecule has 0 spiro atoms. The van der Waals surface area contributed by atoms with Crippen molar-refractivity contribution >= 4 is 17.4 Å². The molecule has 0 aliphatic rings. The molecule has 0 amide bonds. The molecule has 1 aromatic rings. The maximum absolute atomic E-state index is 13.4. The number of rotatable bonds is 5. The van der Waals surface area contributed by atoms with E-state index in [2.05, 4.69) is 5.32 Å². The molecule has 1 atom stereocenters. The fourth-order valence-corrected chi connectivity index (χ4v) is 1.69. The first-order valence-electron chi connectivity index (χ1n) is 4.90. The van der Waals surface area contributed by atoms with Gasteiger partial charge in [0, 0.05) is 11.4 Å². The van der Waals surface area contributed by atoms with Crippen molar-refractivity contribution in [3.05, 3.63) is 24.0 Å². The predicted octanol–water partition coefficient (Wildman–Crippen LogP) is 2.20. The van der Waals surface area contributed by atoms with E-state index < -0.39 is 35.8 Å². The van der Waals surface area contributed by atoms with Gasteiger partial charge in [-0.2, -0.15) is 13.2 Å². The lowest BCUT2D eigenvalue weighted by atomic mass is 10.3. The molecule has 0 radical (unpaired) electrons. The van der Waals surface area contributed by atoms with E-state index in [0.29, 0.717) is 0 Å². The Morgan fingerprint density at radius 3 is 2.50 bits per heavy atom. The number of anilines is 1. The van der Waals surface area contributed by atoms with E-state index >= 15 is 0 Å². The molecule has 1 aromatic carbocycles. The van der Waals surface area contributed by atoms with Crippen LogP contribution in [0.1, 0.15) is 0 Å². The normalized spacial score (nSPS) is 13.4. The number of hydrogen-bond acceptors (Lipinski definition) is 4. The van der Waals surface area contributed by atoms with E-state index in [1.165, 1.54) is 0 Å². The van der Waals surface area contributed by atoms with Crippen molar-refractivity contribution in [2.45, 2.75) is 16.5 Å². The molecule has 102 valence electrons. The van der Waals surface area contributed by atoms with Gasteiger partial charge in [0.25, 0.3) is 0 Å². The lowest BCUT2D eigenvalue weighted by Gasteiger charge is -2.12. The molecule has 0 fully saturated rings. The Bertz CT molecular complexity index is 400. The first-order chi connectivity index (χ1) is 8.31. The molecule has 0 aliphatic heterocycles. The number of nitrogens with one attached hydrogen (secondary N) is 1. The highest BCUT2D eigenvalue weighted by Gasteiger charge is 2.29. The first-order valence-corrected chi connectivity index (χ1v) is 5.71. The molecular formula is C10H11F4NO2S. The molecular weight excluding hydrogens is 274 g/mol. The number of halogens is 4. The molecule has 3 nitrogen and oxygen atoms in total. The Morgan fingerprint density at radius 2 is 2.00 bits per heavy atom. The quantitative estimate of drug-likeness (QED) is 0.573. The molecule has 8 heteroatoms. The standard InChI is InChI=1S/C10H11F4NO2S/c11-8-3-7(18-10(12,13)14)1-2-9(8)15-4-6(17)5-16/h1-3,6,15-17H,4-5H2. The van der Waals surface area contributed by atoms with Crippen LogP contribution in [0, 0.1) is 5.82 Å². The van der Waals surface area contributed by atoms with Gasteiger partial charge in [0.15, 0.2) is 0 Å². The van der Waals surface area contributed by atoms with Gasteiger partial charge in [-0.3, -0.25) is 0 Å². The third kappa shape index (κ3) is 5.11. The van der Waals surface area contributed by atoms with Gasteiger partial charge >= 0.3 is 5.51 Å². The van der Waals surface area contributed by atoms with Crippen molar-refractivity contribution in [3.8, 4) is 0 Å². The monoisotopic (exact) mass is 285 g/mol. The Morgan fingerprint density at radius 1 is 1.33 bits per heavy atom. The Balaban J connectivity index is 2.68. The molecule has 0 aliphatic carbocycles. The summed E-state index contributed by atoms with van der Waals surface area (Å²) < 4.78 is 49.5. The zero-order valence-corrected chi connectivity index (χ0v) is 9.85. The van der Waals surface area contributed by atoms with E-state index in [1.54, 1.807) is 0 Å². The minimum atomic E-state index is -4.46. The number of alkyl halides is 3. The molecule has 3 N–H and O–H groups in total. The average molecular weight is 285 g/mol. The highest BCUT2D eigenvalue weighted by molar-refractivity contribution is 8.00. The van der Waals surface area contributed by atoms with Gasteiger partial charge in [-0.25, -0.2) is 4.39 Å². The zero-order chi connectivity index (χ0) is 13.8. The maximum Gasteiger partial charge on any atom is 0.446 e. The maximum atomic E-state index is 13.4. The number of hydrogen-bond donors (Lipinski definition) is 3. The second kappa shape index (κ2) is 6.26. The summed E-state index contributed by atoms with van der Waals surface area (Å²) in [5.41, 5.74) is -4.50. The molecule has 0 saturated carbocycles. The van der Waals surface area contributed by atoms with Gasteiger partial charge < -0.3 is 15.5 Å². The Labute approximate surface area is 105 Å². The first kappa shape index (κ1) is 15.1. The second-order valence-corrected chi connectivity index (χ2v) is 4.55. The molecule has 18 heavy (non-hydrogen) atoms. The largest absolute Gasteiger partial charge is 0.446 e. The summed E-state index contributed by atoms with van der Waals surface area (Å²) in [6.07, 6.45) is -1.06. The molecule has 0 heterocycles. The number of aliphatic hydroxyl groups is 2. The third-order valence-corrected chi connectivity index (χ3v) is 2.63. The van der Waals surface area contributed by atoms with Crippen LogP contribution < -0.4 is 5.32 Å². The van der Waals surface area contributed by atoms with Crippen LogP contribution in [-0.2, 0) is 0 Å². The zero-order valence-electron chi connectivity index (χ0n) is 9.04. The van der Waals surface area contributed by atoms with Crippen LogP contribution in [0.5, 0.6) is 0 Å². The van der Waals surface area contributed by atoms with Gasteiger partial charge in [0.2, 0.25) is 0 Å². The Hall–Kier alpha value is -0.990. The van der Waals surface area contributed by atoms with Crippen molar-refractivity contribution in [2.75, 3.05) is 18.5 Å². The summed E-state index contributed by atoms with van der Waals surface area (Å²) in [4.78, 5) is -0.256. The summed E-state index contributed by atoms with van der Waals surface area (Å²) in [6, 6.07) is 3.02. The van der Waals surface area contributed by atoms with Gasteiger partial charge in [0.05, 0.1) is 18.4 Å². The van der Waals surface area contributed by atoms with Crippen molar-refractivity contribution in [2.24, 2.45) is 0 Å². The summed E-state index contributed by atoms with van der Waals surface area (Å²) in [6.45, 7) is -0.587. The molecule has 0 bridgehead atoms. The van der Waals surface area contributed by atoms with Crippen LogP contribution >= 0.6 is 11.8 Å². The number of thioether (sulfide) groups is 1. The highest BCUT2D eigenvalue weighted by atomic mass is 32.2. The van der Waals surface area contributed by atoms with Crippen molar-refractivity contribution in [1.29, 1.82) is 0 Å². The lowest BCUT2D eigenvalue weighted by Crippen LogP contribution is -2.23. The van der Waals surface area contributed by atoms with E-state index in [4.69, 9.17) is 10.2 Å². The van der Waals surface area contributed by atoms with Gasteiger partial charge in [0.1, 0.15) is 5.82 Å². The van der Waals surface area contributed by atoms with E-state index in [-0.39, 0.29) is 17.1 Å². The summed E-state index contributed by atoms with van der Waals surface area (Å²) >= 11 is -0.405. The topological polar surface area (TPSA) is 52.5 Å². The SMILES string of the molecule is OCC(O)CNc1ccc(SC(F)(F)F)cc1F. The second-order valence-electron chi connectivity index (χ2n) is 3.41. The molecule has 0 saturated heterocycles. The van der Waals surface area contributed by atoms with Crippen molar-refractivity contribution < 1.29 is 27.8 Å². The van der Waals surface area contributed by atoms with Crippen LogP contribution in [0.2, 0.25) is 0 Å². The van der Waals surface area contributed by atoms with Gasteiger partial charge in [-0.1, -0.05) is 0 Å². The van der Waals surface area contributed by atoms with Crippen LogP contribution in [0.3, 0.4) is 0 Å². The lowest BCUT2D eigenvalue weighted by molar-refractivity contribution is -0.0328. The third-order valence-electron chi connectivity index (χ3n) is 1.91. The van der Waals surface area contributed by atoms with E-state index in [1.807, 2.05) is 0 Å². The van der Waals surface area contributed by atoms with Crippen molar-refractivity contribution in [3.63, 3.8) is 0 Å². The fourth-order valence-electron chi connectivity index (χ4n) is 1.13. The van der Waals surface area contributed by atoms with Crippen LogP contribution in [0.15, 0.2) is 23.1 Å². The van der Waals surface area contributed by atoms with Gasteiger partial charge in [-0.15, -0.1) is 0 Å². The predicted molar refractivity (Wildman–Crippen MR) is 59.9 cm³/mol. The molecule has 1 rings (SSSR count). The summed E-state index contributed by atoms with van der Waals surface area (Å²) in [7, 11) is 0. The summed E-state index contributed by atoms with van der Waals surface area (Å²) in [5, 5.41) is 20.0. The van der Waals surface area contributed by atoms with Crippen LogP contribution in [0.25, 0.3) is 0 Å². The van der Waals surface area contributed by atoms with Crippen LogP contribution in [-0.4, -0.2) is 35.0 Å². The fraction of sp³-hybridized carbons (Fsp3) is 0.400. The van der Waals surface area contributed by atoms with Crippen LogP contribution in [0.4, 0.5) is 23.2 Å². The number of aliphatic hydroxyl groups excluding tert-OH is 2. The highest BCUT2D eigenvalue weighted by Crippen LogP contribution is 2.37. The van der Waals surface area contributed by atoms with E-state index in [0.717, 1.165) is 18.2 Å². The minimum Gasteiger partial charge on any atom is -0.394 e. The van der Waals surface area contributed by atoms with Gasteiger partial charge in [-0.05, 0) is 30.0 Å². The molecule has 1 unspecified atom stereocenters. The Kier molecular flexibility index (Phi) is 5.24.